The first kappa shape index (κ1) is 13.0. The maximum atomic E-state index is 12.0. The number of benzene rings is 1. The van der Waals surface area contributed by atoms with Crippen molar-refractivity contribution < 1.29 is 23.0 Å². The van der Waals surface area contributed by atoms with Crippen molar-refractivity contribution in [2.45, 2.75) is 13.0 Å². The monoisotopic (exact) mass is 246 g/mol. The van der Waals surface area contributed by atoms with Gasteiger partial charge in [-0.15, -0.1) is 0 Å². The molecule has 1 aromatic carbocycles. The Morgan fingerprint density at radius 3 is 2.53 bits per heavy atom. The van der Waals surface area contributed by atoms with Crippen LogP contribution >= 0.6 is 0 Å². The standard InChI is InChI=1S/C10H12F2N2O3/c1-16-7(15)4-5-2-3-6(17-10(11)12)9(14)8(5)13/h2-3,10H,4,13-14H2,1H3. The number of anilines is 2. The third-order valence-corrected chi connectivity index (χ3v) is 2.12. The molecule has 0 saturated carbocycles. The SMILES string of the molecule is COC(=O)Cc1ccc(OC(F)F)c(N)c1N. The number of nitrogen functional groups attached to an aromatic ring is 2. The zero-order valence-electron chi connectivity index (χ0n) is 9.07. The lowest BCUT2D eigenvalue weighted by molar-refractivity contribution is -0.139. The number of ether oxygens (including phenoxy) is 2. The van der Waals surface area contributed by atoms with Crippen LogP contribution < -0.4 is 16.2 Å². The largest absolute Gasteiger partial charge is 0.469 e. The minimum Gasteiger partial charge on any atom is -0.469 e. The van der Waals surface area contributed by atoms with Crippen molar-refractivity contribution in [3.05, 3.63) is 17.7 Å². The van der Waals surface area contributed by atoms with E-state index in [4.69, 9.17) is 11.5 Å². The maximum absolute atomic E-state index is 12.0. The van der Waals surface area contributed by atoms with Crippen molar-refractivity contribution in [1.82, 2.24) is 0 Å². The van der Waals surface area contributed by atoms with Crippen LogP contribution in [0.2, 0.25) is 0 Å². The number of esters is 1. The normalized spacial score (nSPS) is 10.4. The van der Waals surface area contributed by atoms with Crippen molar-refractivity contribution in [2.24, 2.45) is 0 Å². The molecule has 17 heavy (non-hydrogen) atoms. The first-order valence-corrected chi connectivity index (χ1v) is 4.64. The van der Waals surface area contributed by atoms with E-state index in [1.807, 2.05) is 0 Å². The predicted octanol–water partition coefficient (Wildman–Crippen LogP) is 1.17. The Morgan fingerprint density at radius 1 is 1.35 bits per heavy atom. The van der Waals surface area contributed by atoms with Crippen LogP contribution in [0, 0.1) is 0 Å². The molecule has 0 atom stereocenters. The van der Waals surface area contributed by atoms with E-state index in [1.165, 1.54) is 19.2 Å². The average Bonchev–Trinajstić information content (AvgIpc) is 2.28. The lowest BCUT2D eigenvalue weighted by Gasteiger charge is -2.12. The Hall–Kier alpha value is -2.05. The molecule has 1 aromatic rings. The summed E-state index contributed by atoms with van der Waals surface area (Å²) in [4.78, 5) is 11.0. The average molecular weight is 246 g/mol. The van der Waals surface area contributed by atoms with E-state index in [1.54, 1.807) is 0 Å². The van der Waals surface area contributed by atoms with Gasteiger partial charge in [0.15, 0.2) is 5.75 Å². The summed E-state index contributed by atoms with van der Waals surface area (Å²) in [7, 11) is 1.23. The second kappa shape index (κ2) is 5.33. The van der Waals surface area contributed by atoms with Crippen molar-refractivity contribution >= 4 is 17.3 Å². The molecule has 94 valence electrons. The van der Waals surface area contributed by atoms with E-state index in [-0.39, 0.29) is 23.5 Å². The molecular weight excluding hydrogens is 234 g/mol. The van der Waals surface area contributed by atoms with Crippen LogP contribution in [0.1, 0.15) is 5.56 Å². The highest BCUT2D eigenvalue weighted by Gasteiger charge is 2.14. The molecule has 0 spiro atoms. The number of hydrogen-bond donors (Lipinski definition) is 2. The fourth-order valence-electron chi connectivity index (χ4n) is 1.24. The third-order valence-electron chi connectivity index (χ3n) is 2.12. The first-order chi connectivity index (χ1) is 7.95. The maximum Gasteiger partial charge on any atom is 0.387 e. The fraction of sp³-hybridized carbons (Fsp3) is 0.300. The number of carbonyl (C=O) groups excluding carboxylic acids is 1. The summed E-state index contributed by atoms with van der Waals surface area (Å²) < 4.78 is 32.6. The van der Waals surface area contributed by atoms with Gasteiger partial charge >= 0.3 is 12.6 Å². The van der Waals surface area contributed by atoms with E-state index in [0.29, 0.717) is 5.56 Å². The number of rotatable bonds is 4. The summed E-state index contributed by atoms with van der Waals surface area (Å²) in [6, 6.07) is 2.62. The van der Waals surface area contributed by atoms with Gasteiger partial charge in [0.1, 0.15) is 0 Å². The molecule has 0 aromatic heterocycles. The molecule has 0 unspecified atom stereocenters. The molecule has 5 nitrogen and oxygen atoms in total. The van der Waals surface area contributed by atoms with Gasteiger partial charge in [0.05, 0.1) is 24.9 Å². The predicted molar refractivity (Wildman–Crippen MR) is 57.6 cm³/mol. The summed E-state index contributed by atoms with van der Waals surface area (Å²) in [6.07, 6.45) is -0.0819. The van der Waals surface area contributed by atoms with Gasteiger partial charge in [-0.2, -0.15) is 8.78 Å². The van der Waals surface area contributed by atoms with E-state index >= 15 is 0 Å². The minimum absolute atomic E-state index is 0.0357. The Bertz CT molecular complexity index is 424. The lowest BCUT2D eigenvalue weighted by Crippen LogP contribution is -2.10. The number of hydrogen-bond acceptors (Lipinski definition) is 5. The van der Waals surface area contributed by atoms with Crippen LogP contribution in [0.3, 0.4) is 0 Å². The third kappa shape index (κ3) is 3.20. The molecule has 0 aliphatic rings. The van der Waals surface area contributed by atoms with Gasteiger partial charge in [0.2, 0.25) is 0 Å². The lowest BCUT2D eigenvalue weighted by atomic mass is 10.1. The molecule has 0 amide bonds. The molecule has 0 aliphatic carbocycles. The summed E-state index contributed by atoms with van der Waals surface area (Å²) >= 11 is 0. The zero-order valence-corrected chi connectivity index (χ0v) is 9.07. The summed E-state index contributed by atoms with van der Waals surface area (Å²) in [5.74, 6) is -0.718. The van der Waals surface area contributed by atoms with Crippen LogP contribution in [-0.2, 0) is 16.0 Å². The highest BCUT2D eigenvalue weighted by atomic mass is 19.3. The van der Waals surface area contributed by atoms with Crippen LogP contribution in [0.4, 0.5) is 20.2 Å². The van der Waals surface area contributed by atoms with Gasteiger partial charge in [-0.1, -0.05) is 6.07 Å². The Morgan fingerprint density at radius 2 is 2.00 bits per heavy atom. The Balaban J connectivity index is 2.98. The molecule has 0 bridgehead atoms. The number of methoxy groups -OCH3 is 1. The molecule has 1 rings (SSSR count). The molecule has 4 N–H and O–H groups in total. The number of nitrogens with two attached hydrogens (primary N) is 2. The molecule has 0 heterocycles. The van der Waals surface area contributed by atoms with Gasteiger partial charge in [0, 0.05) is 0 Å². The number of carbonyl (C=O) groups is 1. The second-order valence-corrected chi connectivity index (χ2v) is 3.18. The molecule has 7 heteroatoms. The summed E-state index contributed by atoms with van der Waals surface area (Å²) in [5, 5.41) is 0. The summed E-state index contributed by atoms with van der Waals surface area (Å²) in [6.45, 7) is -2.98. The number of halogens is 2. The van der Waals surface area contributed by atoms with Crippen molar-refractivity contribution in [2.75, 3.05) is 18.6 Å². The van der Waals surface area contributed by atoms with Crippen LogP contribution in [0.25, 0.3) is 0 Å². The Kier molecular flexibility index (Phi) is 4.08. The zero-order chi connectivity index (χ0) is 13.0. The smallest absolute Gasteiger partial charge is 0.387 e. The molecule has 0 radical (unpaired) electrons. The van der Waals surface area contributed by atoms with Crippen LogP contribution in [0.15, 0.2) is 12.1 Å². The summed E-state index contributed by atoms with van der Waals surface area (Å²) in [5.41, 5.74) is 11.4. The van der Waals surface area contributed by atoms with E-state index in [0.717, 1.165) is 0 Å². The quantitative estimate of drug-likeness (QED) is 0.615. The van der Waals surface area contributed by atoms with E-state index in [9.17, 15) is 13.6 Å². The highest BCUT2D eigenvalue weighted by molar-refractivity contribution is 5.80. The van der Waals surface area contributed by atoms with Gasteiger partial charge in [-0.3, -0.25) is 4.79 Å². The first-order valence-electron chi connectivity index (χ1n) is 4.64. The molecule has 0 saturated heterocycles. The van der Waals surface area contributed by atoms with Gasteiger partial charge in [0.25, 0.3) is 0 Å². The van der Waals surface area contributed by atoms with E-state index < -0.39 is 12.6 Å². The van der Waals surface area contributed by atoms with Crippen molar-refractivity contribution in [3.8, 4) is 5.75 Å². The Labute approximate surface area is 96.3 Å². The van der Waals surface area contributed by atoms with Crippen molar-refractivity contribution in [3.63, 3.8) is 0 Å². The molecule has 0 fully saturated rings. The van der Waals surface area contributed by atoms with Gasteiger partial charge < -0.3 is 20.9 Å². The second-order valence-electron chi connectivity index (χ2n) is 3.18. The molecule has 0 aliphatic heterocycles. The number of alkyl halides is 2. The highest BCUT2D eigenvalue weighted by Crippen LogP contribution is 2.31. The van der Waals surface area contributed by atoms with Crippen LogP contribution in [-0.4, -0.2) is 19.7 Å². The fourth-order valence-corrected chi connectivity index (χ4v) is 1.24. The van der Waals surface area contributed by atoms with Crippen molar-refractivity contribution in [1.29, 1.82) is 0 Å². The molecular formula is C10H12F2N2O3. The van der Waals surface area contributed by atoms with E-state index in [2.05, 4.69) is 9.47 Å². The topological polar surface area (TPSA) is 87.6 Å². The van der Waals surface area contributed by atoms with Gasteiger partial charge in [-0.25, -0.2) is 0 Å². The minimum atomic E-state index is -2.98. The van der Waals surface area contributed by atoms with Gasteiger partial charge in [-0.05, 0) is 11.6 Å². The van der Waals surface area contributed by atoms with Crippen LogP contribution in [0.5, 0.6) is 5.75 Å².